The third kappa shape index (κ3) is 5.96. The van der Waals surface area contributed by atoms with Gasteiger partial charge >= 0.3 is 0 Å². The second kappa shape index (κ2) is 9.68. The molecule has 4 heteroatoms. The average Bonchev–Trinajstić information content (AvgIpc) is 2.81. The second-order valence-corrected chi connectivity index (χ2v) is 6.50. The van der Waals surface area contributed by atoms with Crippen LogP contribution in [0.25, 0.3) is 0 Å². The van der Waals surface area contributed by atoms with Crippen molar-refractivity contribution in [3.8, 4) is 0 Å². The Morgan fingerprint density at radius 1 is 1.17 bits per heavy atom. The SMILES string of the molecule is CCCC(N)C(=O)N1CCCN(CCCc2ccccc2)CC1. The fourth-order valence-corrected chi connectivity index (χ4v) is 3.24. The smallest absolute Gasteiger partial charge is 0.239 e. The first-order valence-corrected chi connectivity index (χ1v) is 9.01. The molecule has 0 aromatic heterocycles. The number of hydrogen-bond acceptors (Lipinski definition) is 3. The summed E-state index contributed by atoms with van der Waals surface area (Å²) in [7, 11) is 0. The van der Waals surface area contributed by atoms with Crippen molar-refractivity contribution in [1.29, 1.82) is 0 Å². The summed E-state index contributed by atoms with van der Waals surface area (Å²) in [6, 6.07) is 10.3. The van der Waals surface area contributed by atoms with Gasteiger partial charge in [0.15, 0.2) is 0 Å². The average molecular weight is 317 g/mol. The standard InChI is InChI=1S/C19H31N3O/c1-2-8-18(20)19(23)22-14-7-13-21(15-16-22)12-6-11-17-9-4-3-5-10-17/h3-5,9-10,18H,2,6-8,11-16,20H2,1H3. The Bertz CT molecular complexity index is 463. The van der Waals surface area contributed by atoms with Crippen LogP contribution in [0.15, 0.2) is 30.3 Å². The molecule has 2 rings (SSSR count). The largest absolute Gasteiger partial charge is 0.340 e. The molecule has 0 saturated carbocycles. The molecule has 4 nitrogen and oxygen atoms in total. The van der Waals surface area contributed by atoms with Crippen molar-refractivity contribution >= 4 is 5.91 Å². The molecule has 1 aromatic carbocycles. The molecule has 1 atom stereocenters. The van der Waals surface area contributed by atoms with Crippen molar-refractivity contribution in [2.75, 3.05) is 32.7 Å². The van der Waals surface area contributed by atoms with E-state index in [9.17, 15) is 4.79 Å². The van der Waals surface area contributed by atoms with Crippen LogP contribution in [-0.4, -0.2) is 54.5 Å². The van der Waals surface area contributed by atoms with E-state index in [1.54, 1.807) is 0 Å². The highest BCUT2D eigenvalue weighted by atomic mass is 16.2. The molecule has 128 valence electrons. The number of amides is 1. The molecule has 0 bridgehead atoms. The van der Waals surface area contributed by atoms with Crippen LogP contribution in [0.5, 0.6) is 0 Å². The molecule has 23 heavy (non-hydrogen) atoms. The first kappa shape index (κ1) is 18.0. The monoisotopic (exact) mass is 317 g/mol. The summed E-state index contributed by atoms with van der Waals surface area (Å²) < 4.78 is 0. The van der Waals surface area contributed by atoms with Crippen molar-refractivity contribution in [3.05, 3.63) is 35.9 Å². The predicted octanol–water partition coefficient (Wildman–Crippen LogP) is 2.28. The zero-order valence-corrected chi connectivity index (χ0v) is 14.4. The van der Waals surface area contributed by atoms with Gasteiger partial charge < -0.3 is 15.5 Å². The minimum absolute atomic E-state index is 0.137. The molecule has 1 aliphatic heterocycles. The van der Waals surface area contributed by atoms with E-state index in [-0.39, 0.29) is 11.9 Å². The molecule has 0 radical (unpaired) electrons. The van der Waals surface area contributed by atoms with Gasteiger partial charge in [-0.3, -0.25) is 4.79 Å². The summed E-state index contributed by atoms with van der Waals surface area (Å²) in [5, 5.41) is 0. The first-order valence-electron chi connectivity index (χ1n) is 9.01. The summed E-state index contributed by atoms with van der Waals surface area (Å²) in [5.74, 6) is 0.137. The molecular formula is C19H31N3O. The highest BCUT2D eigenvalue weighted by molar-refractivity contribution is 5.81. The zero-order chi connectivity index (χ0) is 16.5. The van der Waals surface area contributed by atoms with E-state index in [0.29, 0.717) is 0 Å². The summed E-state index contributed by atoms with van der Waals surface area (Å²) in [6.45, 7) is 6.91. The number of aryl methyl sites for hydroxylation is 1. The predicted molar refractivity (Wildman–Crippen MR) is 95.3 cm³/mol. The van der Waals surface area contributed by atoms with E-state index in [2.05, 4.69) is 42.2 Å². The van der Waals surface area contributed by atoms with Gasteiger partial charge in [0.05, 0.1) is 6.04 Å². The van der Waals surface area contributed by atoms with Crippen LogP contribution < -0.4 is 5.73 Å². The second-order valence-electron chi connectivity index (χ2n) is 6.50. The lowest BCUT2D eigenvalue weighted by molar-refractivity contribution is -0.132. The van der Waals surface area contributed by atoms with E-state index < -0.39 is 0 Å². The van der Waals surface area contributed by atoms with Gasteiger partial charge in [0.1, 0.15) is 0 Å². The number of carbonyl (C=O) groups is 1. The zero-order valence-electron chi connectivity index (χ0n) is 14.4. The Morgan fingerprint density at radius 2 is 1.96 bits per heavy atom. The molecular weight excluding hydrogens is 286 g/mol. The van der Waals surface area contributed by atoms with Crippen LogP contribution in [0.4, 0.5) is 0 Å². The third-order valence-electron chi connectivity index (χ3n) is 4.60. The van der Waals surface area contributed by atoms with Crippen molar-refractivity contribution < 1.29 is 4.79 Å². The molecule has 1 aliphatic rings. The van der Waals surface area contributed by atoms with Gasteiger partial charge in [0, 0.05) is 19.6 Å². The van der Waals surface area contributed by atoms with Crippen molar-refractivity contribution in [2.24, 2.45) is 5.73 Å². The van der Waals surface area contributed by atoms with Crippen LogP contribution in [0.3, 0.4) is 0 Å². The maximum absolute atomic E-state index is 12.3. The summed E-state index contributed by atoms with van der Waals surface area (Å²) in [4.78, 5) is 16.8. The van der Waals surface area contributed by atoms with Gasteiger partial charge in [0.2, 0.25) is 5.91 Å². The lowest BCUT2D eigenvalue weighted by Crippen LogP contribution is -2.45. The van der Waals surface area contributed by atoms with Crippen LogP contribution in [-0.2, 0) is 11.2 Å². The molecule has 2 N–H and O–H groups in total. The van der Waals surface area contributed by atoms with Gasteiger partial charge in [-0.2, -0.15) is 0 Å². The summed E-state index contributed by atoms with van der Waals surface area (Å²) in [5.41, 5.74) is 7.39. The normalized spacial score (nSPS) is 17.7. The van der Waals surface area contributed by atoms with Crippen molar-refractivity contribution in [3.63, 3.8) is 0 Å². The summed E-state index contributed by atoms with van der Waals surface area (Å²) >= 11 is 0. The van der Waals surface area contributed by atoms with E-state index in [1.807, 2.05) is 4.90 Å². The van der Waals surface area contributed by atoms with E-state index in [4.69, 9.17) is 5.73 Å². The molecule has 0 spiro atoms. The lowest BCUT2D eigenvalue weighted by Gasteiger charge is -2.24. The Labute approximate surface area is 140 Å². The third-order valence-corrected chi connectivity index (χ3v) is 4.60. The van der Waals surface area contributed by atoms with Crippen LogP contribution in [0.2, 0.25) is 0 Å². The highest BCUT2D eigenvalue weighted by Gasteiger charge is 2.22. The molecule has 1 heterocycles. The quantitative estimate of drug-likeness (QED) is 0.839. The number of carbonyl (C=O) groups excluding carboxylic acids is 1. The summed E-state index contributed by atoms with van der Waals surface area (Å²) in [6.07, 6.45) is 5.10. The highest BCUT2D eigenvalue weighted by Crippen LogP contribution is 2.09. The Balaban J connectivity index is 1.72. The number of hydrogen-bond donors (Lipinski definition) is 1. The van der Waals surface area contributed by atoms with Crippen LogP contribution >= 0.6 is 0 Å². The van der Waals surface area contributed by atoms with Gasteiger partial charge in [0.25, 0.3) is 0 Å². The minimum Gasteiger partial charge on any atom is -0.340 e. The maximum atomic E-state index is 12.3. The molecule has 1 unspecified atom stereocenters. The molecule has 0 aliphatic carbocycles. The number of rotatable bonds is 7. The Kier molecular flexibility index (Phi) is 7.56. The van der Waals surface area contributed by atoms with Crippen LogP contribution in [0, 0.1) is 0 Å². The van der Waals surface area contributed by atoms with Gasteiger partial charge in [-0.05, 0) is 44.3 Å². The minimum atomic E-state index is -0.315. The van der Waals surface area contributed by atoms with Crippen molar-refractivity contribution in [2.45, 2.75) is 45.1 Å². The lowest BCUT2D eigenvalue weighted by atomic mass is 10.1. The number of nitrogens with two attached hydrogens (primary N) is 1. The number of nitrogens with zero attached hydrogens (tertiary/aromatic N) is 2. The van der Waals surface area contributed by atoms with Gasteiger partial charge in [-0.15, -0.1) is 0 Å². The molecule has 1 aromatic rings. The fourth-order valence-electron chi connectivity index (χ4n) is 3.24. The van der Waals surface area contributed by atoms with E-state index in [0.717, 1.165) is 58.4 Å². The Hall–Kier alpha value is -1.39. The Morgan fingerprint density at radius 3 is 2.70 bits per heavy atom. The maximum Gasteiger partial charge on any atom is 0.239 e. The van der Waals surface area contributed by atoms with E-state index >= 15 is 0 Å². The molecule has 1 amide bonds. The van der Waals surface area contributed by atoms with Crippen LogP contribution in [0.1, 0.15) is 38.2 Å². The van der Waals surface area contributed by atoms with Gasteiger partial charge in [-0.1, -0.05) is 43.7 Å². The fraction of sp³-hybridized carbons (Fsp3) is 0.632. The molecule has 1 fully saturated rings. The topological polar surface area (TPSA) is 49.6 Å². The first-order chi connectivity index (χ1) is 11.2. The van der Waals surface area contributed by atoms with E-state index in [1.165, 1.54) is 12.0 Å². The molecule has 1 saturated heterocycles. The number of benzene rings is 1. The van der Waals surface area contributed by atoms with Crippen molar-refractivity contribution in [1.82, 2.24) is 9.80 Å². The van der Waals surface area contributed by atoms with Gasteiger partial charge in [-0.25, -0.2) is 0 Å².